The molecular weight excluding hydrogens is 387 g/mol. The van der Waals surface area contributed by atoms with E-state index >= 15 is 0 Å². The van der Waals surface area contributed by atoms with Crippen molar-refractivity contribution in [1.29, 1.82) is 0 Å². The summed E-state index contributed by atoms with van der Waals surface area (Å²) >= 11 is 2.01. The Balaban J connectivity index is 2.94. The highest BCUT2D eigenvalue weighted by Gasteiger charge is 2.22. The first kappa shape index (κ1) is 17.7. The lowest BCUT2D eigenvalue weighted by atomic mass is 10.1. The summed E-state index contributed by atoms with van der Waals surface area (Å²) in [5.74, 6) is -1.10. The minimum atomic E-state index is -1.10. The number of carboxylic acid groups (broad SMARTS) is 1. The number of rotatable bonds is 5. The molecule has 6 nitrogen and oxygen atoms in total. The van der Waals surface area contributed by atoms with Crippen LogP contribution in [0.15, 0.2) is 18.2 Å². The molecule has 0 atom stereocenters. The summed E-state index contributed by atoms with van der Waals surface area (Å²) in [5.41, 5.74) is -0.744. The molecule has 0 saturated carbocycles. The van der Waals surface area contributed by atoms with Crippen molar-refractivity contribution in [1.82, 2.24) is 4.90 Å². The van der Waals surface area contributed by atoms with E-state index in [2.05, 4.69) is 5.32 Å². The fourth-order valence-corrected chi connectivity index (χ4v) is 2.28. The summed E-state index contributed by atoms with van der Waals surface area (Å²) in [6.45, 7) is 5.56. The summed E-state index contributed by atoms with van der Waals surface area (Å²) in [5, 5.41) is 21.6. The van der Waals surface area contributed by atoms with Gasteiger partial charge in [-0.1, -0.05) is 0 Å². The van der Waals surface area contributed by atoms with Crippen LogP contribution in [0.1, 0.15) is 31.1 Å². The fraction of sp³-hybridized carbons (Fsp3) is 0.429. The topological polar surface area (TPSA) is 89.9 Å². The van der Waals surface area contributed by atoms with Gasteiger partial charge in [-0.15, -0.1) is 0 Å². The maximum Gasteiger partial charge on any atom is 0.337 e. The minimum absolute atomic E-state index is 0.0366. The lowest BCUT2D eigenvalue weighted by Gasteiger charge is -2.28. The molecule has 0 heterocycles. The Morgan fingerprint density at radius 2 is 2.00 bits per heavy atom. The molecule has 7 heteroatoms. The van der Waals surface area contributed by atoms with Crippen molar-refractivity contribution in [3.8, 4) is 0 Å². The van der Waals surface area contributed by atoms with Crippen molar-refractivity contribution >= 4 is 40.3 Å². The molecule has 3 N–H and O–H groups in total. The first-order valence-electron chi connectivity index (χ1n) is 6.45. The molecule has 1 rings (SSSR count). The molecule has 21 heavy (non-hydrogen) atoms. The molecule has 0 radical (unpaired) electrons. The number of anilines is 1. The number of carbonyl (C=O) groups is 2. The van der Waals surface area contributed by atoms with Gasteiger partial charge in [-0.2, -0.15) is 0 Å². The van der Waals surface area contributed by atoms with E-state index in [-0.39, 0.29) is 17.8 Å². The van der Waals surface area contributed by atoms with Crippen molar-refractivity contribution in [2.45, 2.75) is 26.4 Å². The number of carboxylic acids is 1. The molecular formula is C14H19IN2O4. The zero-order valence-corrected chi connectivity index (χ0v) is 14.3. The van der Waals surface area contributed by atoms with Gasteiger partial charge in [0.1, 0.15) is 0 Å². The Hall–Kier alpha value is -1.35. The molecule has 0 spiro atoms. The molecule has 0 aromatic heterocycles. The summed E-state index contributed by atoms with van der Waals surface area (Å²) in [4.78, 5) is 24.8. The second-order valence-electron chi connectivity index (χ2n) is 5.25. The number of benzene rings is 1. The molecule has 1 aromatic rings. The van der Waals surface area contributed by atoms with Crippen molar-refractivity contribution in [2.24, 2.45) is 0 Å². The summed E-state index contributed by atoms with van der Waals surface area (Å²) in [6.07, 6.45) is 0. The maximum atomic E-state index is 12.2. The van der Waals surface area contributed by atoms with Crippen LogP contribution < -0.4 is 5.32 Å². The van der Waals surface area contributed by atoms with Crippen LogP contribution in [0.25, 0.3) is 0 Å². The van der Waals surface area contributed by atoms with E-state index in [0.29, 0.717) is 6.54 Å². The lowest BCUT2D eigenvalue weighted by Crippen LogP contribution is -2.44. The number of nitrogens with one attached hydrogen (secondary N) is 1. The Labute approximate surface area is 137 Å². The number of aromatic carboxylic acids is 1. The molecule has 1 aromatic carbocycles. The largest absolute Gasteiger partial charge is 0.478 e. The Morgan fingerprint density at radius 3 is 2.48 bits per heavy atom. The number of hydrogen-bond acceptors (Lipinski definition) is 3. The van der Waals surface area contributed by atoms with E-state index in [9.17, 15) is 19.8 Å². The van der Waals surface area contributed by atoms with Crippen LogP contribution in [0.3, 0.4) is 0 Å². The Kier molecular flexibility index (Phi) is 5.97. The van der Waals surface area contributed by atoms with Crippen LogP contribution in [-0.4, -0.2) is 45.8 Å². The van der Waals surface area contributed by atoms with Gasteiger partial charge in [0.25, 0.3) is 0 Å². The number of aliphatic hydroxyl groups is 1. The zero-order chi connectivity index (χ0) is 16.2. The Morgan fingerprint density at radius 1 is 1.38 bits per heavy atom. The smallest absolute Gasteiger partial charge is 0.337 e. The summed E-state index contributed by atoms with van der Waals surface area (Å²) in [7, 11) is 0. The normalized spacial score (nSPS) is 11.1. The third-order valence-corrected chi connectivity index (χ3v) is 3.37. The van der Waals surface area contributed by atoms with Gasteiger partial charge < -0.3 is 20.4 Å². The standard InChI is InChI=1S/C14H19IN2O4/c1-4-17(8-14(2,3)21)13(20)16-11-6-5-9(15)7-10(11)12(18)19/h5-7,21H,4,8H2,1-3H3,(H,16,20)(H,18,19). The van der Waals surface area contributed by atoms with Crippen LogP contribution in [0.4, 0.5) is 10.5 Å². The van der Waals surface area contributed by atoms with Crippen molar-refractivity contribution in [3.05, 3.63) is 27.3 Å². The average molecular weight is 406 g/mol. The van der Waals surface area contributed by atoms with Gasteiger partial charge in [-0.05, 0) is 61.6 Å². The molecule has 0 aliphatic rings. The van der Waals surface area contributed by atoms with Crippen LogP contribution in [-0.2, 0) is 0 Å². The molecule has 0 aliphatic heterocycles. The monoisotopic (exact) mass is 406 g/mol. The van der Waals surface area contributed by atoms with Gasteiger partial charge in [0.15, 0.2) is 0 Å². The SMILES string of the molecule is CCN(CC(C)(C)O)C(=O)Nc1ccc(I)cc1C(=O)O. The number of likely N-dealkylation sites (N-methyl/N-ethyl adjacent to an activating group) is 1. The van der Waals surface area contributed by atoms with Gasteiger partial charge in [-0.3, -0.25) is 0 Å². The number of halogens is 1. The first-order valence-corrected chi connectivity index (χ1v) is 7.53. The third kappa shape index (κ3) is 5.50. The molecule has 0 unspecified atom stereocenters. The molecule has 0 fully saturated rings. The number of carbonyl (C=O) groups excluding carboxylic acids is 1. The molecule has 116 valence electrons. The van der Waals surface area contributed by atoms with E-state index in [4.69, 9.17) is 0 Å². The summed E-state index contributed by atoms with van der Waals surface area (Å²) in [6, 6.07) is 4.32. The van der Waals surface area contributed by atoms with E-state index < -0.39 is 17.6 Å². The van der Waals surface area contributed by atoms with Gasteiger partial charge >= 0.3 is 12.0 Å². The highest BCUT2D eigenvalue weighted by molar-refractivity contribution is 14.1. The van der Waals surface area contributed by atoms with Crippen LogP contribution in [0.5, 0.6) is 0 Å². The number of urea groups is 1. The maximum absolute atomic E-state index is 12.2. The van der Waals surface area contributed by atoms with Gasteiger partial charge in [0, 0.05) is 10.1 Å². The highest BCUT2D eigenvalue weighted by Crippen LogP contribution is 2.19. The predicted molar refractivity (Wildman–Crippen MR) is 88.7 cm³/mol. The number of hydrogen-bond donors (Lipinski definition) is 3. The van der Waals surface area contributed by atoms with Gasteiger partial charge in [-0.25, -0.2) is 9.59 Å². The zero-order valence-electron chi connectivity index (χ0n) is 12.2. The van der Waals surface area contributed by atoms with Crippen molar-refractivity contribution in [2.75, 3.05) is 18.4 Å². The number of amides is 2. The predicted octanol–water partition coefficient (Wildman–Crippen LogP) is 2.61. The minimum Gasteiger partial charge on any atom is -0.478 e. The molecule has 0 aliphatic carbocycles. The summed E-state index contributed by atoms with van der Waals surface area (Å²) < 4.78 is 0.770. The first-order chi connectivity index (χ1) is 9.64. The average Bonchev–Trinajstić information content (AvgIpc) is 2.36. The lowest BCUT2D eigenvalue weighted by molar-refractivity contribution is 0.0500. The van der Waals surface area contributed by atoms with E-state index in [0.717, 1.165) is 3.57 Å². The second-order valence-corrected chi connectivity index (χ2v) is 6.50. The van der Waals surface area contributed by atoms with E-state index in [1.165, 1.54) is 11.0 Å². The number of nitrogens with zero attached hydrogens (tertiary/aromatic N) is 1. The second kappa shape index (κ2) is 7.08. The van der Waals surface area contributed by atoms with Crippen molar-refractivity contribution in [3.63, 3.8) is 0 Å². The Bertz CT molecular complexity index is 540. The van der Waals surface area contributed by atoms with Crippen LogP contribution >= 0.6 is 22.6 Å². The van der Waals surface area contributed by atoms with E-state index in [1.54, 1.807) is 32.9 Å². The highest BCUT2D eigenvalue weighted by atomic mass is 127. The quantitative estimate of drug-likeness (QED) is 0.656. The molecule has 0 bridgehead atoms. The van der Waals surface area contributed by atoms with Gasteiger partial charge in [0.2, 0.25) is 0 Å². The van der Waals surface area contributed by atoms with Crippen molar-refractivity contribution < 1.29 is 19.8 Å². The third-order valence-electron chi connectivity index (χ3n) is 2.70. The fourth-order valence-electron chi connectivity index (χ4n) is 1.79. The van der Waals surface area contributed by atoms with Crippen LogP contribution in [0.2, 0.25) is 0 Å². The van der Waals surface area contributed by atoms with Crippen LogP contribution in [0, 0.1) is 3.57 Å². The molecule has 2 amide bonds. The van der Waals surface area contributed by atoms with Gasteiger partial charge in [0.05, 0.1) is 23.4 Å². The van der Waals surface area contributed by atoms with E-state index in [1.807, 2.05) is 22.6 Å². The molecule has 0 saturated heterocycles.